The van der Waals surface area contributed by atoms with Crippen molar-refractivity contribution in [1.29, 1.82) is 0 Å². The van der Waals surface area contributed by atoms with E-state index in [1.54, 1.807) is 0 Å². The molecule has 0 saturated heterocycles. The number of amides is 1. The van der Waals surface area contributed by atoms with E-state index in [2.05, 4.69) is 5.32 Å². The number of aliphatic carboxylic acids is 2. The largest absolute Gasteiger partial charge is 0.481 e. The van der Waals surface area contributed by atoms with Gasteiger partial charge >= 0.3 is 11.9 Å². The molecule has 35 heavy (non-hydrogen) atoms. The Morgan fingerprint density at radius 1 is 0.657 bits per heavy atom. The van der Waals surface area contributed by atoms with Crippen LogP contribution in [0.1, 0.15) is 129 Å². The summed E-state index contributed by atoms with van der Waals surface area (Å²) < 4.78 is 5.34. The molecule has 1 amide bonds. The van der Waals surface area contributed by atoms with Crippen molar-refractivity contribution in [2.45, 2.75) is 135 Å². The zero-order valence-electron chi connectivity index (χ0n) is 21.9. The minimum Gasteiger partial charge on any atom is -0.481 e. The highest BCUT2D eigenvalue weighted by molar-refractivity contribution is 5.84. The van der Waals surface area contributed by atoms with Gasteiger partial charge in [0.25, 0.3) is 0 Å². The molecular weight excluding hydrogens is 450 g/mol. The number of ether oxygens (including phenoxy) is 1. The van der Waals surface area contributed by atoms with Crippen molar-refractivity contribution in [3.8, 4) is 0 Å². The van der Waals surface area contributed by atoms with Crippen LogP contribution in [0, 0.1) is 0 Å². The fourth-order valence-electron chi connectivity index (χ4n) is 3.90. The zero-order chi connectivity index (χ0) is 26.2. The molecule has 0 aromatic carbocycles. The molecule has 0 aliphatic rings. The summed E-state index contributed by atoms with van der Waals surface area (Å²) in [7, 11) is 0. The first-order chi connectivity index (χ1) is 16.9. The van der Waals surface area contributed by atoms with Crippen LogP contribution in [0.5, 0.6) is 0 Å². The van der Waals surface area contributed by atoms with E-state index in [0.29, 0.717) is 32.5 Å². The molecule has 0 rings (SSSR count). The number of Topliss-reactive ketones (excluding diaryl/α,β-unsaturated/α-hetero) is 1. The molecule has 0 heterocycles. The third-order valence-corrected chi connectivity index (χ3v) is 5.98. The van der Waals surface area contributed by atoms with Gasteiger partial charge in [-0.15, -0.1) is 0 Å². The lowest BCUT2D eigenvalue weighted by Crippen LogP contribution is -2.41. The predicted octanol–water partition coefficient (Wildman–Crippen LogP) is 5.66. The molecule has 3 N–H and O–H groups in total. The minimum absolute atomic E-state index is 0.00124. The van der Waals surface area contributed by atoms with Crippen LogP contribution in [-0.4, -0.2) is 53.1 Å². The first-order valence-electron chi connectivity index (χ1n) is 13.7. The van der Waals surface area contributed by atoms with Crippen LogP contribution in [0.15, 0.2) is 0 Å². The molecule has 0 radical (unpaired) electrons. The quantitative estimate of drug-likeness (QED) is 0.131. The van der Waals surface area contributed by atoms with E-state index in [-0.39, 0.29) is 31.0 Å². The van der Waals surface area contributed by atoms with E-state index in [4.69, 9.17) is 9.84 Å². The van der Waals surface area contributed by atoms with E-state index in [1.807, 2.05) is 6.92 Å². The molecule has 204 valence electrons. The van der Waals surface area contributed by atoms with E-state index >= 15 is 0 Å². The van der Waals surface area contributed by atoms with Crippen LogP contribution in [0.3, 0.4) is 0 Å². The molecule has 0 spiro atoms. The Bertz CT molecular complexity index is 580. The standard InChI is InChI=1S/C27H49NO7/c1-2-21-35-22-15-16-23(29)19-20-24(27(33)34)28-25(30)17-13-11-9-7-5-3-4-6-8-10-12-14-18-26(31)32/h24H,2-22H2,1H3,(H,28,30)(H,31,32)(H,33,34)/t24-/m0/s1. The first kappa shape index (κ1) is 33.0. The van der Waals surface area contributed by atoms with Crippen LogP contribution in [0.2, 0.25) is 0 Å². The van der Waals surface area contributed by atoms with Gasteiger partial charge < -0.3 is 20.3 Å². The average Bonchev–Trinajstić information content (AvgIpc) is 2.81. The number of unbranched alkanes of at least 4 members (excludes halogenated alkanes) is 11. The maximum absolute atomic E-state index is 12.1. The van der Waals surface area contributed by atoms with E-state index < -0.39 is 18.0 Å². The maximum Gasteiger partial charge on any atom is 0.326 e. The molecule has 8 heteroatoms. The van der Waals surface area contributed by atoms with Gasteiger partial charge in [-0.25, -0.2) is 4.79 Å². The van der Waals surface area contributed by atoms with Gasteiger partial charge in [0.1, 0.15) is 11.8 Å². The number of carboxylic acids is 2. The number of rotatable bonds is 26. The SMILES string of the molecule is CCCOCCCC(=O)CC[C@H](NC(=O)CCCCCCCCCCCCCCC(=O)O)C(=O)O. The molecule has 1 atom stereocenters. The van der Waals surface area contributed by atoms with Crippen LogP contribution >= 0.6 is 0 Å². The van der Waals surface area contributed by atoms with Crippen molar-refractivity contribution in [1.82, 2.24) is 5.32 Å². The monoisotopic (exact) mass is 499 g/mol. The average molecular weight is 500 g/mol. The normalized spacial score (nSPS) is 11.8. The molecule has 0 bridgehead atoms. The van der Waals surface area contributed by atoms with Gasteiger partial charge in [-0.1, -0.05) is 71.1 Å². The Labute approximate surface area is 211 Å². The molecule has 0 unspecified atom stereocenters. The number of ketones is 1. The molecule has 0 saturated carbocycles. The van der Waals surface area contributed by atoms with Gasteiger partial charge in [0.15, 0.2) is 0 Å². The Balaban J connectivity index is 3.67. The molecule has 8 nitrogen and oxygen atoms in total. The van der Waals surface area contributed by atoms with Crippen LogP contribution in [0.4, 0.5) is 0 Å². The van der Waals surface area contributed by atoms with Crippen molar-refractivity contribution < 1.29 is 34.1 Å². The lowest BCUT2D eigenvalue weighted by molar-refractivity contribution is -0.142. The summed E-state index contributed by atoms with van der Waals surface area (Å²) in [5, 5.41) is 20.5. The van der Waals surface area contributed by atoms with Crippen molar-refractivity contribution in [3.05, 3.63) is 0 Å². The second-order valence-electron chi connectivity index (χ2n) is 9.39. The summed E-state index contributed by atoms with van der Waals surface area (Å²) >= 11 is 0. The van der Waals surface area contributed by atoms with Crippen molar-refractivity contribution in [2.75, 3.05) is 13.2 Å². The summed E-state index contributed by atoms with van der Waals surface area (Å²) in [6.45, 7) is 3.24. The van der Waals surface area contributed by atoms with E-state index in [1.165, 1.54) is 32.1 Å². The van der Waals surface area contributed by atoms with E-state index in [0.717, 1.165) is 51.4 Å². The predicted molar refractivity (Wildman–Crippen MR) is 136 cm³/mol. The summed E-state index contributed by atoms with van der Waals surface area (Å²) in [6, 6.07) is -1.01. The second kappa shape index (κ2) is 23.8. The summed E-state index contributed by atoms with van der Waals surface area (Å²) in [5.74, 6) is -2.07. The lowest BCUT2D eigenvalue weighted by Gasteiger charge is -2.14. The Kier molecular flexibility index (Phi) is 22.4. The van der Waals surface area contributed by atoms with Crippen molar-refractivity contribution in [3.63, 3.8) is 0 Å². The molecular formula is C27H49NO7. The highest BCUT2D eigenvalue weighted by Gasteiger charge is 2.20. The van der Waals surface area contributed by atoms with Crippen LogP contribution < -0.4 is 5.32 Å². The molecule has 0 aromatic heterocycles. The molecule has 0 aliphatic carbocycles. The van der Waals surface area contributed by atoms with Crippen molar-refractivity contribution in [2.24, 2.45) is 0 Å². The van der Waals surface area contributed by atoms with Gasteiger partial charge in [-0.2, -0.15) is 0 Å². The molecule has 0 aromatic rings. The van der Waals surface area contributed by atoms with Gasteiger partial charge in [0.05, 0.1) is 0 Å². The third-order valence-electron chi connectivity index (χ3n) is 5.98. The smallest absolute Gasteiger partial charge is 0.326 e. The Morgan fingerprint density at radius 2 is 1.17 bits per heavy atom. The third kappa shape index (κ3) is 23.5. The highest BCUT2D eigenvalue weighted by Crippen LogP contribution is 2.13. The van der Waals surface area contributed by atoms with Crippen LogP contribution in [-0.2, 0) is 23.9 Å². The number of carbonyl (C=O) groups excluding carboxylic acids is 2. The number of carboxylic acid groups (broad SMARTS) is 2. The van der Waals surface area contributed by atoms with Gasteiger partial charge in [0, 0.05) is 38.9 Å². The van der Waals surface area contributed by atoms with Gasteiger partial charge in [-0.3, -0.25) is 14.4 Å². The number of carbonyl (C=O) groups is 4. The zero-order valence-corrected chi connectivity index (χ0v) is 21.9. The fraction of sp³-hybridized carbons (Fsp3) is 0.852. The summed E-state index contributed by atoms with van der Waals surface area (Å²) in [4.78, 5) is 45.9. The van der Waals surface area contributed by atoms with Crippen LogP contribution in [0.25, 0.3) is 0 Å². The maximum atomic E-state index is 12.1. The second-order valence-corrected chi connectivity index (χ2v) is 9.39. The summed E-state index contributed by atoms with van der Waals surface area (Å²) in [6.07, 6.45) is 15.6. The lowest BCUT2D eigenvalue weighted by atomic mass is 10.0. The number of hydrogen-bond acceptors (Lipinski definition) is 5. The molecule has 0 aliphatic heterocycles. The highest BCUT2D eigenvalue weighted by atomic mass is 16.5. The summed E-state index contributed by atoms with van der Waals surface area (Å²) in [5.41, 5.74) is 0. The molecule has 0 fully saturated rings. The Hall–Kier alpha value is -1.96. The van der Waals surface area contributed by atoms with E-state index in [9.17, 15) is 24.3 Å². The fourth-order valence-corrected chi connectivity index (χ4v) is 3.90. The topological polar surface area (TPSA) is 130 Å². The number of hydrogen-bond donors (Lipinski definition) is 3. The van der Waals surface area contributed by atoms with Gasteiger partial charge in [-0.05, 0) is 32.1 Å². The van der Waals surface area contributed by atoms with Crippen molar-refractivity contribution >= 4 is 23.6 Å². The Morgan fingerprint density at radius 3 is 1.66 bits per heavy atom. The van der Waals surface area contributed by atoms with Gasteiger partial charge in [0.2, 0.25) is 5.91 Å². The number of nitrogens with one attached hydrogen (secondary N) is 1. The first-order valence-corrected chi connectivity index (χ1v) is 13.7. The minimum atomic E-state index is -1.10.